The molecule has 0 unspecified atom stereocenters. The molecule has 2 aromatic carbocycles. The molecule has 0 saturated heterocycles. The van der Waals surface area contributed by atoms with E-state index in [4.69, 9.17) is 0 Å². The predicted octanol–water partition coefficient (Wildman–Crippen LogP) is 6.64. The summed E-state index contributed by atoms with van der Waals surface area (Å²) in [6.07, 6.45) is 5.00. The summed E-state index contributed by atoms with van der Waals surface area (Å²) >= 11 is 0. The van der Waals surface area contributed by atoms with E-state index in [-0.39, 0.29) is 0 Å². The van der Waals surface area contributed by atoms with E-state index in [1.54, 1.807) is 0 Å². The van der Waals surface area contributed by atoms with Gasteiger partial charge in [0.05, 0.1) is 5.52 Å². The van der Waals surface area contributed by atoms with Gasteiger partial charge in [-0.1, -0.05) is 54.6 Å². The number of aryl methyl sites for hydroxylation is 1. The Bertz CT molecular complexity index is 901. The third-order valence-electron chi connectivity index (χ3n) is 4.20. The normalized spacial score (nSPS) is 10.8. The number of benzene rings is 2. The van der Waals surface area contributed by atoms with E-state index in [1.165, 1.54) is 27.7 Å². The number of hydrogen-bond donors (Lipinski definition) is 1. The van der Waals surface area contributed by atoms with Crippen LogP contribution >= 0.6 is 0 Å². The zero-order chi connectivity index (χ0) is 18.9. The van der Waals surface area contributed by atoms with E-state index in [0.717, 1.165) is 17.6 Å². The standard InChI is InChI=1S/C14H19N.C10H9N/c1-11(2)8-9-12(3)13-6-5-7-14(10-13)15-4;1-8-4-2-5-9-6-3-7-11-10(8)9/h5-7,9-10,15H,1,8H2,2-4H3;2-7H,1H3/b12-9+;. The van der Waals surface area contributed by atoms with Gasteiger partial charge in [0.1, 0.15) is 0 Å². The van der Waals surface area contributed by atoms with Crippen molar-refractivity contribution in [2.75, 3.05) is 12.4 Å². The summed E-state index contributed by atoms with van der Waals surface area (Å²) in [5, 5.41) is 4.36. The van der Waals surface area contributed by atoms with Crippen LogP contribution in [0.15, 0.2) is 79.0 Å². The van der Waals surface area contributed by atoms with Gasteiger partial charge in [-0.2, -0.15) is 0 Å². The molecule has 0 radical (unpaired) electrons. The maximum atomic E-state index is 4.28. The molecule has 2 nitrogen and oxygen atoms in total. The minimum Gasteiger partial charge on any atom is -0.388 e. The first-order valence-electron chi connectivity index (χ1n) is 8.91. The Hall–Kier alpha value is -2.87. The first-order chi connectivity index (χ1) is 12.5. The second-order valence-electron chi connectivity index (χ2n) is 6.53. The molecule has 0 atom stereocenters. The lowest BCUT2D eigenvalue weighted by Gasteiger charge is -2.05. The third kappa shape index (κ3) is 5.59. The fourth-order valence-electron chi connectivity index (χ4n) is 2.62. The van der Waals surface area contributed by atoms with E-state index < -0.39 is 0 Å². The van der Waals surface area contributed by atoms with Gasteiger partial charge in [-0.05, 0) is 62.1 Å². The second-order valence-corrected chi connectivity index (χ2v) is 6.53. The van der Waals surface area contributed by atoms with Crippen LogP contribution in [0, 0.1) is 6.92 Å². The topological polar surface area (TPSA) is 24.9 Å². The van der Waals surface area contributed by atoms with Gasteiger partial charge >= 0.3 is 0 Å². The molecule has 3 aromatic rings. The van der Waals surface area contributed by atoms with Crippen LogP contribution in [0.5, 0.6) is 0 Å². The van der Waals surface area contributed by atoms with E-state index in [0.29, 0.717) is 0 Å². The molecule has 0 fully saturated rings. The highest BCUT2D eigenvalue weighted by atomic mass is 14.8. The Kier molecular flexibility index (Phi) is 7.16. The Morgan fingerprint density at radius 1 is 1.08 bits per heavy atom. The van der Waals surface area contributed by atoms with Gasteiger partial charge in [-0.15, -0.1) is 0 Å². The molecule has 1 N–H and O–H groups in total. The van der Waals surface area contributed by atoms with E-state index in [1.807, 2.05) is 26.2 Å². The average molecular weight is 345 g/mol. The molecule has 26 heavy (non-hydrogen) atoms. The predicted molar refractivity (Wildman–Crippen MR) is 116 cm³/mol. The number of rotatable bonds is 4. The molecule has 134 valence electrons. The second kappa shape index (κ2) is 9.57. The van der Waals surface area contributed by atoms with E-state index in [2.05, 4.69) is 85.3 Å². The van der Waals surface area contributed by atoms with Crippen molar-refractivity contribution in [2.45, 2.75) is 27.2 Å². The Morgan fingerprint density at radius 3 is 2.50 bits per heavy atom. The summed E-state index contributed by atoms with van der Waals surface area (Å²) < 4.78 is 0. The largest absolute Gasteiger partial charge is 0.388 e. The monoisotopic (exact) mass is 344 g/mol. The Labute approximate surface area is 157 Å². The Balaban J connectivity index is 0.000000195. The fraction of sp³-hybridized carbons (Fsp3) is 0.208. The van der Waals surface area contributed by atoms with E-state index >= 15 is 0 Å². The number of para-hydroxylation sites is 1. The molecule has 0 saturated carbocycles. The van der Waals surface area contributed by atoms with Crippen LogP contribution in [-0.4, -0.2) is 12.0 Å². The minimum absolute atomic E-state index is 0.954. The van der Waals surface area contributed by atoms with Crippen LogP contribution in [0.4, 0.5) is 5.69 Å². The highest BCUT2D eigenvalue weighted by molar-refractivity contribution is 5.81. The molecule has 0 aliphatic rings. The summed E-state index contributed by atoms with van der Waals surface area (Å²) in [6.45, 7) is 10.2. The Morgan fingerprint density at radius 2 is 1.81 bits per heavy atom. The number of aromatic nitrogens is 1. The number of nitrogens with one attached hydrogen (secondary N) is 1. The van der Waals surface area contributed by atoms with Gasteiger partial charge in [0.25, 0.3) is 0 Å². The smallest absolute Gasteiger partial charge is 0.0731 e. The molecular weight excluding hydrogens is 316 g/mol. The van der Waals surface area contributed by atoms with Crippen molar-refractivity contribution in [3.63, 3.8) is 0 Å². The lowest BCUT2D eigenvalue weighted by Crippen LogP contribution is -1.88. The van der Waals surface area contributed by atoms with Crippen LogP contribution < -0.4 is 5.32 Å². The van der Waals surface area contributed by atoms with Crippen molar-refractivity contribution in [1.29, 1.82) is 0 Å². The number of nitrogens with zero attached hydrogens (tertiary/aromatic N) is 1. The van der Waals surface area contributed by atoms with Gasteiger partial charge in [-0.25, -0.2) is 0 Å². The molecule has 0 bridgehead atoms. The van der Waals surface area contributed by atoms with Gasteiger partial charge < -0.3 is 5.32 Å². The van der Waals surface area contributed by atoms with Gasteiger partial charge in [-0.3, -0.25) is 4.98 Å². The molecule has 1 heterocycles. The van der Waals surface area contributed by atoms with Crippen molar-refractivity contribution < 1.29 is 0 Å². The van der Waals surface area contributed by atoms with Crippen molar-refractivity contribution >= 4 is 22.2 Å². The number of allylic oxidation sites excluding steroid dienone is 3. The van der Waals surface area contributed by atoms with Gasteiger partial charge in [0, 0.05) is 24.3 Å². The summed E-state index contributed by atoms with van der Waals surface area (Å²) in [4.78, 5) is 4.28. The maximum Gasteiger partial charge on any atom is 0.0731 e. The minimum atomic E-state index is 0.954. The molecule has 0 aliphatic heterocycles. The first kappa shape index (κ1) is 19.5. The van der Waals surface area contributed by atoms with Crippen LogP contribution in [0.3, 0.4) is 0 Å². The summed E-state index contributed by atoms with van der Waals surface area (Å²) in [7, 11) is 1.94. The number of fused-ring (bicyclic) bond motifs is 1. The summed E-state index contributed by atoms with van der Waals surface area (Å²) in [5.74, 6) is 0. The van der Waals surface area contributed by atoms with Crippen LogP contribution in [0.25, 0.3) is 16.5 Å². The molecule has 2 heteroatoms. The number of pyridine rings is 1. The zero-order valence-corrected chi connectivity index (χ0v) is 16.2. The summed E-state index contributed by atoms with van der Waals surface area (Å²) in [5.41, 5.74) is 7.26. The highest BCUT2D eigenvalue weighted by Crippen LogP contribution is 2.19. The molecule has 3 rings (SSSR count). The van der Waals surface area contributed by atoms with Gasteiger partial charge in [0.2, 0.25) is 0 Å². The number of anilines is 1. The maximum absolute atomic E-state index is 4.28. The van der Waals surface area contributed by atoms with Crippen molar-refractivity contribution in [1.82, 2.24) is 4.98 Å². The fourth-order valence-corrected chi connectivity index (χ4v) is 2.62. The number of hydrogen-bond acceptors (Lipinski definition) is 2. The zero-order valence-electron chi connectivity index (χ0n) is 16.2. The lowest BCUT2D eigenvalue weighted by atomic mass is 10.0. The van der Waals surface area contributed by atoms with Crippen LogP contribution in [0.1, 0.15) is 31.4 Å². The van der Waals surface area contributed by atoms with Crippen LogP contribution in [-0.2, 0) is 0 Å². The molecule has 0 amide bonds. The third-order valence-corrected chi connectivity index (χ3v) is 4.20. The average Bonchev–Trinajstić information content (AvgIpc) is 2.67. The molecular formula is C24H28N2. The molecule has 0 aliphatic carbocycles. The van der Waals surface area contributed by atoms with E-state index in [9.17, 15) is 0 Å². The van der Waals surface area contributed by atoms with Crippen molar-refractivity contribution in [2.24, 2.45) is 0 Å². The highest BCUT2D eigenvalue weighted by Gasteiger charge is 1.96. The summed E-state index contributed by atoms with van der Waals surface area (Å²) in [6, 6.07) is 18.7. The van der Waals surface area contributed by atoms with Crippen molar-refractivity contribution in [3.8, 4) is 0 Å². The molecule has 0 spiro atoms. The quantitative estimate of drug-likeness (QED) is 0.536. The van der Waals surface area contributed by atoms with Crippen LogP contribution in [0.2, 0.25) is 0 Å². The van der Waals surface area contributed by atoms with Gasteiger partial charge in [0.15, 0.2) is 0 Å². The lowest BCUT2D eigenvalue weighted by molar-refractivity contribution is 1.22. The SMILES string of the molecule is C=C(C)C/C=C(\C)c1cccc(NC)c1.Cc1cccc2cccnc12. The van der Waals surface area contributed by atoms with Crippen molar-refractivity contribution in [3.05, 3.63) is 90.1 Å². The molecule has 1 aromatic heterocycles. The first-order valence-corrected chi connectivity index (χ1v) is 8.91.